The summed E-state index contributed by atoms with van der Waals surface area (Å²) in [7, 11) is 1.54. The predicted octanol–water partition coefficient (Wildman–Crippen LogP) is 4.07. The van der Waals surface area contributed by atoms with Crippen LogP contribution in [0.2, 0.25) is 0 Å². The monoisotopic (exact) mass is 310 g/mol. The predicted molar refractivity (Wildman–Crippen MR) is 88.5 cm³/mol. The molecule has 4 nitrogen and oxygen atoms in total. The quantitative estimate of drug-likeness (QED) is 0.790. The highest BCUT2D eigenvalue weighted by atomic mass is 32.1. The van der Waals surface area contributed by atoms with E-state index in [1.807, 2.05) is 41.8 Å². The summed E-state index contributed by atoms with van der Waals surface area (Å²) in [5.74, 6) is 0.311. The van der Waals surface area contributed by atoms with Crippen LogP contribution in [0.25, 0.3) is 11.3 Å². The lowest BCUT2D eigenvalue weighted by Crippen LogP contribution is -2.12. The second-order valence-corrected chi connectivity index (χ2v) is 5.42. The van der Waals surface area contributed by atoms with Crippen LogP contribution in [0.3, 0.4) is 0 Å². The second kappa shape index (κ2) is 6.41. The van der Waals surface area contributed by atoms with E-state index in [0.717, 1.165) is 11.3 Å². The number of amides is 1. The highest BCUT2D eigenvalue weighted by molar-refractivity contribution is 7.14. The minimum absolute atomic E-state index is 0.230. The van der Waals surface area contributed by atoms with Gasteiger partial charge in [-0.15, -0.1) is 11.3 Å². The summed E-state index contributed by atoms with van der Waals surface area (Å²) in [6.45, 7) is 0. The molecule has 0 spiro atoms. The average Bonchev–Trinajstić information content (AvgIpc) is 3.04. The molecular formula is C17H14N2O2S. The van der Waals surface area contributed by atoms with Crippen LogP contribution >= 0.6 is 11.3 Å². The van der Waals surface area contributed by atoms with E-state index in [-0.39, 0.29) is 5.91 Å². The van der Waals surface area contributed by atoms with Gasteiger partial charge in [0.25, 0.3) is 5.91 Å². The number of hydrogen-bond donors (Lipinski definition) is 1. The van der Waals surface area contributed by atoms with Gasteiger partial charge in [0, 0.05) is 10.9 Å². The molecule has 0 saturated heterocycles. The Balaban J connectivity index is 1.79. The molecule has 22 heavy (non-hydrogen) atoms. The Morgan fingerprint density at radius 2 is 1.82 bits per heavy atom. The van der Waals surface area contributed by atoms with Crippen LogP contribution in [0, 0.1) is 0 Å². The van der Waals surface area contributed by atoms with E-state index in [0.29, 0.717) is 16.4 Å². The number of nitrogens with one attached hydrogen (secondary N) is 1. The lowest BCUT2D eigenvalue weighted by molar-refractivity contribution is 0.102. The van der Waals surface area contributed by atoms with Gasteiger partial charge in [0.15, 0.2) is 5.13 Å². The summed E-state index contributed by atoms with van der Waals surface area (Å²) in [4.78, 5) is 16.8. The van der Waals surface area contributed by atoms with Gasteiger partial charge in [-0.2, -0.15) is 0 Å². The Bertz CT molecular complexity index is 784. The molecule has 0 unspecified atom stereocenters. The molecule has 1 heterocycles. The van der Waals surface area contributed by atoms with Gasteiger partial charge >= 0.3 is 0 Å². The number of thiazole rings is 1. The van der Waals surface area contributed by atoms with Gasteiger partial charge in [-0.05, 0) is 12.1 Å². The highest BCUT2D eigenvalue weighted by Crippen LogP contribution is 2.26. The Labute approximate surface area is 132 Å². The van der Waals surface area contributed by atoms with Crippen molar-refractivity contribution < 1.29 is 9.53 Å². The minimum atomic E-state index is -0.230. The van der Waals surface area contributed by atoms with Crippen LogP contribution in [0.15, 0.2) is 60.0 Å². The van der Waals surface area contributed by atoms with Crippen molar-refractivity contribution in [1.82, 2.24) is 4.98 Å². The second-order valence-electron chi connectivity index (χ2n) is 4.56. The molecule has 110 valence electrons. The summed E-state index contributed by atoms with van der Waals surface area (Å²) in [6.07, 6.45) is 0. The van der Waals surface area contributed by atoms with Crippen molar-refractivity contribution in [2.45, 2.75) is 0 Å². The summed E-state index contributed by atoms with van der Waals surface area (Å²) in [6, 6.07) is 17.0. The number of anilines is 1. The zero-order chi connectivity index (χ0) is 15.4. The number of carbonyl (C=O) groups is 1. The molecule has 2 aromatic carbocycles. The molecule has 0 bridgehead atoms. The molecular weight excluding hydrogens is 296 g/mol. The molecule has 3 aromatic rings. The third-order valence-corrected chi connectivity index (χ3v) is 3.90. The van der Waals surface area contributed by atoms with Gasteiger partial charge in [-0.25, -0.2) is 4.98 Å². The van der Waals surface area contributed by atoms with Crippen molar-refractivity contribution in [3.05, 3.63) is 65.5 Å². The zero-order valence-electron chi connectivity index (χ0n) is 11.9. The fourth-order valence-electron chi connectivity index (χ4n) is 2.07. The molecule has 5 heteroatoms. The first-order valence-electron chi connectivity index (χ1n) is 6.73. The molecule has 0 aliphatic heterocycles. The van der Waals surface area contributed by atoms with Crippen LogP contribution in [0.1, 0.15) is 10.4 Å². The number of para-hydroxylation sites is 1. The van der Waals surface area contributed by atoms with Crippen molar-refractivity contribution in [2.24, 2.45) is 0 Å². The first-order valence-corrected chi connectivity index (χ1v) is 7.61. The van der Waals surface area contributed by atoms with E-state index in [9.17, 15) is 4.79 Å². The van der Waals surface area contributed by atoms with Crippen LogP contribution < -0.4 is 10.1 Å². The van der Waals surface area contributed by atoms with E-state index < -0.39 is 0 Å². The highest BCUT2D eigenvalue weighted by Gasteiger charge is 2.13. The fourth-order valence-corrected chi connectivity index (χ4v) is 2.78. The van der Waals surface area contributed by atoms with Gasteiger partial charge in [0.05, 0.1) is 18.4 Å². The number of nitrogens with zero attached hydrogens (tertiary/aromatic N) is 1. The molecule has 1 aromatic heterocycles. The van der Waals surface area contributed by atoms with Gasteiger partial charge in [-0.1, -0.05) is 42.5 Å². The Morgan fingerprint density at radius 1 is 1.09 bits per heavy atom. The molecule has 0 atom stereocenters. The van der Waals surface area contributed by atoms with Crippen LogP contribution in [0.4, 0.5) is 5.13 Å². The number of ether oxygens (including phenoxy) is 1. The number of methoxy groups -OCH3 is 1. The maximum absolute atomic E-state index is 12.3. The summed E-state index contributed by atoms with van der Waals surface area (Å²) in [5, 5.41) is 5.30. The van der Waals surface area contributed by atoms with E-state index in [1.165, 1.54) is 11.3 Å². The van der Waals surface area contributed by atoms with Gasteiger partial charge < -0.3 is 4.74 Å². The zero-order valence-corrected chi connectivity index (χ0v) is 12.8. The number of hydrogen-bond acceptors (Lipinski definition) is 4. The number of benzene rings is 2. The number of rotatable bonds is 4. The maximum atomic E-state index is 12.3. The van der Waals surface area contributed by atoms with Crippen molar-refractivity contribution in [2.75, 3.05) is 12.4 Å². The number of carbonyl (C=O) groups excluding carboxylic acids is 1. The summed E-state index contributed by atoms with van der Waals surface area (Å²) in [5.41, 5.74) is 2.36. The van der Waals surface area contributed by atoms with Crippen LogP contribution in [-0.4, -0.2) is 18.0 Å². The molecule has 0 fully saturated rings. The lowest BCUT2D eigenvalue weighted by atomic mass is 10.2. The third-order valence-electron chi connectivity index (χ3n) is 3.15. The van der Waals surface area contributed by atoms with E-state index in [1.54, 1.807) is 25.3 Å². The van der Waals surface area contributed by atoms with Crippen molar-refractivity contribution >= 4 is 22.4 Å². The smallest absolute Gasteiger partial charge is 0.261 e. The average molecular weight is 310 g/mol. The fraction of sp³-hybridized carbons (Fsp3) is 0.0588. The molecule has 1 N–H and O–H groups in total. The summed E-state index contributed by atoms with van der Waals surface area (Å²) < 4.78 is 5.20. The summed E-state index contributed by atoms with van der Waals surface area (Å²) >= 11 is 1.40. The number of aromatic nitrogens is 1. The van der Waals surface area contributed by atoms with E-state index >= 15 is 0 Å². The molecule has 0 aliphatic rings. The molecule has 1 amide bonds. The molecule has 0 radical (unpaired) electrons. The van der Waals surface area contributed by atoms with E-state index in [2.05, 4.69) is 10.3 Å². The maximum Gasteiger partial charge on any atom is 0.261 e. The van der Waals surface area contributed by atoms with E-state index in [4.69, 9.17) is 4.74 Å². The van der Waals surface area contributed by atoms with Crippen molar-refractivity contribution in [3.8, 4) is 17.0 Å². The molecule has 0 aliphatic carbocycles. The standard InChI is InChI=1S/C17H14N2O2S/c1-21-15-10-6-5-9-13(15)16(20)19-17-18-14(11-22-17)12-7-3-2-4-8-12/h2-11H,1H3,(H,18,19,20). The minimum Gasteiger partial charge on any atom is -0.496 e. The van der Waals surface area contributed by atoms with Gasteiger partial charge in [0.1, 0.15) is 5.75 Å². The normalized spacial score (nSPS) is 10.2. The first kappa shape index (κ1) is 14.3. The van der Waals surface area contributed by atoms with Gasteiger partial charge in [0.2, 0.25) is 0 Å². The first-order chi connectivity index (χ1) is 10.8. The molecule has 3 rings (SSSR count). The lowest BCUT2D eigenvalue weighted by Gasteiger charge is -2.07. The largest absolute Gasteiger partial charge is 0.496 e. The molecule has 0 saturated carbocycles. The third kappa shape index (κ3) is 2.99. The van der Waals surface area contributed by atoms with Crippen LogP contribution in [0.5, 0.6) is 5.75 Å². The topological polar surface area (TPSA) is 51.2 Å². The van der Waals surface area contributed by atoms with Crippen molar-refractivity contribution in [1.29, 1.82) is 0 Å². The van der Waals surface area contributed by atoms with Crippen molar-refractivity contribution in [3.63, 3.8) is 0 Å². The Morgan fingerprint density at radius 3 is 2.59 bits per heavy atom. The van der Waals surface area contributed by atoms with Gasteiger partial charge in [-0.3, -0.25) is 10.1 Å². The SMILES string of the molecule is COc1ccccc1C(=O)Nc1nc(-c2ccccc2)cs1. The van der Waals surface area contributed by atoms with Crippen LogP contribution in [-0.2, 0) is 0 Å². The Kier molecular flexibility index (Phi) is 4.16. The Hall–Kier alpha value is -2.66.